The number of alkyl halides is 3. The van der Waals surface area contributed by atoms with Gasteiger partial charge in [-0.15, -0.1) is 0 Å². The van der Waals surface area contributed by atoms with Crippen molar-refractivity contribution in [1.82, 2.24) is 14.5 Å². The van der Waals surface area contributed by atoms with Crippen molar-refractivity contribution in [3.63, 3.8) is 0 Å². The summed E-state index contributed by atoms with van der Waals surface area (Å²) in [5, 5.41) is 3.50. The number of piperazine rings is 1. The molecule has 12 heteroatoms. The largest absolute Gasteiger partial charge is 0.416 e. The Kier molecular flexibility index (Phi) is 8.99. The smallest absolute Gasteiger partial charge is 0.351 e. The molecule has 1 aliphatic rings. The van der Waals surface area contributed by atoms with Crippen LogP contribution in [0.3, 0.4) is 0 Å². The maximum Gasteiger partial charge on any atom is 0.416 e. The lowest BCUT2D eigenvalue weighted by atomic mass is 9.78. The minimum absolute atomic E-state index is 0.0565. The van der Waals surface area contributed by atoms with E-state index in [1.807, 2.05) is 0 Å². The molecule has 1 N–H and O–H groups in total. The lowest BCUT2D eigenvalue weighted by Gasteiger charge is -2.36. The fraction of sp³-hybridized carbons (Fsp3) is 0.458. The summed E-state index contributed by atoms with van der Waals surface area (Å²) in [7, 11) is -3.25. The zero-order chi connectivity index (χ0) is 26.7. The van der Waals surface area contributed by atoms with Crippen LogP contribution in [0.5, 0.6) is 0 Å². The summed E-state index contributed by atoms with van der Waals surface area (Å²) in [6.45, 7) is 4.20. The molecular formula is C24H28Cl2F3N3O3S. The Labute approximate surface area is 219 Å². The van der Waals surface area contributed by atoms with Crippen molar-refractivity contribution in [2.75, 3.05) is 39.0 Å². The molecule has 2 aromatic carbocycles. The standard InChI is InChI=1S/C24H28Cl2F3N3O3S/c1-23(19-7-8-20(25)21(26)15-19,9-10-31-11-13-32(14-12-31)36(2,34)35)22(33)30-16-17-3-5-18(6-4-17)24(27,28)29/h3-8,15H,9-14,16H2,1-2H3,(H,30,33). The molecule has 6 nitrogen and oxygen atoms in total. The van der Waals surface area contributed by atoms with E-state index in [2.05, 4.69) is 10.2 Å². The van der Waals surface area contributed by atoms with Gasteiger partial charge in [0.15, 0.2) is 0 Å². The highest BCUT2D eigenvalue weighted by atomic mass is 35.5. The van der Waals surface area contributed by atoms with Crippen molar-refractivity contribution in [2.24, 2.45) is 0 Å². The van der Waals surface area contributed by atoms with Gasteiger partial charge in [-0.25, -0.2) is 8.42 Å². The Balaban J connectivity index is 1.73. The first-order valence-electron chi connectivity index (χ1n) is 11.3. The SMILES string of the molecule is CC(CCN1CCN(S(C)(=O)=O)CC1)(C(=O)NCc1ccc(C(F)(F)F)cc1)c1ccc(Cl)c(Cl)c1. The number of nitrogens with one attached hydrogen (secondary N) is 1. The molecule has 1 atom stereocenters. The second-order valence-electron chi connectivity index (χ2n) is 9.09. The predicted octanol–water partition coefficient (Wildman–Crippen LogP) is 4.55. The van der Waals surface area contributed by atoms with Gasteiger partial charge in [0, 0.05) is 32.7 Å². The molecule has 0 spiro atoms. The third-order valence-corrected chi connectivity index (χ3v) is 8.56. The van der Waals surface area contributed by atoms with E-state index < -0.39 is 27.2 Å². The summed E-state index contributed by atoms with van der Waals surface area (Å²) in [5.74, 6) is -0.310. The van der Waals surface area contributed by atoms with Gasteiger partial charge >= 0.3 is 6.18 Å². The Hall–Kier alpha value is -1.85. The van der Waals surface area contributed by atoms with E-state index in [0.717, 1.165) is 12.1 Å². The molecule has 1 heterocycles. The van der Waals surface area contributed by atoms with E-state index in [-0.39, 0.29) is 12.5 Å². The first kappa shape index (κ1) is 28.7. The molecular weight excluding hydrogens is 538 g/mol. The van der Waals surface area contributed by atoms with Gasteiger partial charge in [0.05, 0.1) is 27.3 Å². The molecule has 36 heavy (non-hydrogen) atoms. The molecule has 2 aromatic rings. The minimum atomic E-state index is -4.43. The molecule has 0 radical (unpaired) electrons. The fourth-order valence-electron chi connectivity index (χ4n) is 4.08. The highest BCUT2D eigenvalue weighted by Gasteiger charge is 2.36. The summed E-state index contributed by atoms with van der Waals surface area (Å²) in [6, 6.07) is 9.62. The zero-order valence-electron chi connectivity index (χ0n) is 19.9. The molecule has 198 valence electrons. The van der Waals surface area contributed by atoms with Gasteiger partial charge in [-0.3, -0.25) is 4.79 Å². The van der Waals surface area contributed by atoms with Crippen LogP contribution in [0.4, 0.5) is 13.2 Å². The van der Waals surface area contributed by atoms with Gasteiger partial charge in [-0.1, -0.05) is 41.4 Å². The van der Waals surface area contributed by atoms with Crippen molar-refractivity contribution < 1.29 is 26.4 Å². The quantitative estimate of drug-likeness (QED) is 0.509. The van der Waals surface area contributed by atoms with Gasteiger partial charge in [-0.2, -0.15) is 17.5 Å². The van der Waals surface area contributed by atoms with Gasteiger partial charge in [0.2, 0.25) is 15.9 Å². The Morgan fingerprint density at radius 3 is 2.08 bits per heavy atom. The summed E-state index contributed by atoms with van der Waals surface area (Å²) in [6.07, 6.45) is -2.84. The van der Waals surface area contributed by atoms with Crippen LogP contribution in [-0.4, -0.2) is 62.5 Å². The molecule has 0 saturated carbocycles. The molecule has 1 aliphatic heterocycles. The van der Waals surface area contributed by atoms with Gasteiger partial charge in [0.1, 0.15) is 0 Å². The number of amides is 1. The van der Waals surface area contributed by atoms with Crippen LogP contribution in [-0.2, 0) is 33.0 Å². The van der Waals surface area contributed by atoms with E-state index in [0.29, 0.717) is 60.3 Å². The van der Waals surface area contributed by atoms with E-state index in [9.17, 15) is 26.4 Å². The molecule has 1 amide bonds. The Bertz CT molecular complexity index is 1190. The highest BCUT2D eigenvalue weighted by molar-refractivity contribution is 7.88. The van der Waals surface area contributed by atoms with Gasteiger partial charge in [-0.05, 0) is 55.3 Å². The average Bonchev–Trinajstić information content (AvgIpc) is 2.82. The van der Waals surface area contributed by atoms with Crippen LogP contribution in [0.15, 0.2) is 42.5 Å². The molecule has 1 fully saturated rings. The highest BCUT2D eigenvalue weighted by Crippen LogP contribution is 2.34. The van der Waals surface area contributed by atoms with Crippen LogP contribution in [0, 0.1) is 0 Å². The number of carbonyl (C=O) groups excluding carboxylic acids is 1. The summed E-state index contributed by atoms with van der Waals surface area (Å²) >= 11 is 12.3. The second-order valence-corrected chi connectivity index (χ2v) is 11.9. The van der Waals surface area contributed by atoms with Crippen LogP contribution in [0.1, 0.15) is 30.0 Å². The number of hydrogen-bond donors (Lipinski definition) is 1. The number of hydrogen-bond acceptors (Lipinski definition) is 4. The summed E-state index contributed by atoms with van der Waals surface area (Å²) < 4.78 is 63.5. The third-order valence-electron chi connectivity index (χ3n) is 6.52. The number of carbonyl (C=O) groups is 1. The van der Waals surface area contributed by atoms with Crippen molar-refractivity contribution >= 4 is 39.1 Å². The Morgan fingerprint density at radius 1 is 0.972 bits per heavy atom. The molecule has 0 bridgehead atoms. The molecule has 0 aromatic heterocycles. The molecule has 0 aliphatic carbocycles. The molecule has 1 saturated heterocycles. The van der Waals surface area contributed by atoms with E-state index in [1.165, 1.54) is 22.7 Å². The fourth-order valence-corrected chi connectivity index (χ4v) is 5.21. The van der Waals surface area contributed by atoms with Crippen LogP contribution < -0.4 is 5.32 Å². The molecule has 3 rings (SSSR count). The van der Waals surface area contributed by atoms with E-state index in [4.69, 9.17) is 23.2 Å². The van der Waals surface area contributed by atoms with Gasteiger partial charge < -0.3 is 10.2 Å². The van der Waals surface area contributed by atoms with Crippen LogP contribution in [0.25, 0.3) is 0 Å². The average molecular weight is 566 g/mol. The Morgan fingerprint density at radius 2 is 1.56 bits per heavy atom. The van der Waals surface area contributed by atoms with Gasteiger partial charge in [0.25, 0.3) is 0 Å². The normalized spacial score (nSPS) is 17.5. The van der Waals surface area contributed by atoms with Crippen molar-refractivity contribution in [3.05, 3.63) is 69.2 Å². The maximum atomic E-state index is 13.4. The number of benzene rings is 2. The zero-order valence-corrected chi connectivity index (χ0v) is 22.2. The lowest BCUT2D eigenvalue weighted by molar-refractivity contribution is -0.137. The maximum absolute atomic E-state index is 13.4. The summed E-state index contributed by atoms with van der Waals surface area (Å²) in [4.78, 5) is 15.5. The van der Waals surface area contributed by atoms with E-state index >= 15 is 0 Å². The number of halogens is 5. The summed E-state index contributed by atoms with van der Waals surface area (Å²) in [5.41, 5.74) is -0.593. The van der Waals surface area contributed by atoms with E-state index in [1.54, 1.807) is 25.1 Å². The first-order chi connectivity index (χ1) is 16.7. The number of sulfonamides is 1. The second kappa shape index (κ2) is 11.3. The van der Waals surface area contributed by atoms with Crippen molar-refractivity contribution in [3.8, 4) is 0 Å². The number of nitrogens with zero attached hydrogens (tertiary/aromatic N) is 2. The predicted molar refractivity (Wildman–Crippen MR) is 135 cm³/mol. The first-order valence-corrected chi connectivity index (χ1v) is 13.9. The lowest BCUT2D eigenvalue weighted by Crippen LogP contribution is -2.50. The van der Waals surface area contributed by atoms with Crippen molar-refractivity contribution in [1.29, 1.82) is 0 Å². The third kappa shape index (κ3) is 7.13. The van der Waals surface area contributed by atoms with Crippen molar-refractivity contribution in [2.45, 2.75) is 31.5 Å². The molecule has 1 unspecified atom stereocenters. The van der Waals surface area contributed by atoms with Crippen LogP contribution in [0.2, 0.25) is 10.0 Å². The van der Waals surface area contributed by atoms with Crippen LogP contribution >= 0.6 is 23.2 Å². The number of rotatable bonds is 8. The monoisotopic (exact) mass is 565 g/mol. The topological polar surface area (TPSA) is 69.7 Å². The minimum Gasteiger partial charge on any atom is -0.351 e.